The zero-order valence-electron chi connectivity index (χ0n) is 15.1. The van der Waals surface area contributed by atoms with Crippen LogP contribution in [0.1, 0.15) is 0 Å². The van der Waals surface area contributed by atoms with E-state index in [1.165, 1.54) is 13.4 Å². The zero-order valence-corrected chi connectivity index (χ0v) is 18.4. The zero-order chi connectivity index (χ0) is 19.0. The molecule has 2 heterocycles. The lowest BCUT2D eigenvalue weighted by molar-refractivity contribution is -0.0119. The van der Waals surface area contributed by atoms with Crippen molar-refractivity contribution in [1.29, 1.82) is 0 Å². The molecule has 6 nitrogen and oxygen atoms in total. The van der Waals surface area contributed by atoms with E-state index in [0.29, 0.717) is 66.1 Å². The summed E-state index contributed by atoms with van der Waals surface area (Å²) >= 11 is 7.15. The molecule has 0 aromatic rings. The molecule has 1 N–H and O–H groups in total. The minimum absolute atomic E-state index is 0.0412. The Balaban J connectivity index is 1.30. The summed E-state index contributed by atoms with van der Waals surface area (Å²) in [4.78, 5) is 1.25. The highest BCUT2D eigenvalue weighted by molar-refractivity contribution is 8.33. The molecular formula is C17H26O6S4. The van der Waals surface area contributed by atoms with Crippen LogP contribution in [-0.2, 0) is 23.7 Å². The summed E-state index contributed by atoms with van der Waals surface area (Å²) in [5, 5.41) is 14.9. The van der Waals surface area contributed by atoms with Crippen molar-refractivity contribution in [3.05, 3.63) is 29.6 Å². The molecule has 0 amide bonds. The molecule has 154 valence electrons. The van der Waals surface area contributed by atoms with E-state index in [0.717, 1.165) is 0 Å². The Morgan fingerprint density at radius 2 is 1.15 bits per heavy atom. The van der Waals surface area contributed by atoms with E-state index < -0.39 is 0 Å². The van der Waals surface area contributed by atoms with E-state index >= 15 is 0 Å². The first kappa shape index (κ1) is 23.7. The van der Waals surface area contributed by atoms with Crippen molar-refractivity contribution in [3.8, 4) is 0 Å². The second-order valence-corrected chi connectivity index (χ2v) is 9.48. The third-order valence-corrected chi connectivity index (χ3v) is 8.10. The molecule has 0 bridgehead atoms. The van der Waals surface area contributed by atoms with Gasteiger partial charge in [0.15, 0.2) is 0 Å². The van der Waals surface area contributed by atoms with E-state index in [2.05, 4.69) is 16.2 Å². The predicted molar refractivity (Wildman–Crippen MR) is 116 cm³/mol. The normalized spacial score (nSPS) is 16.6. The number of ether oxygens (including phenoxy) is 5. The summed E-state index contributed by atoms with van der Waals surface area (Å²) < 4.78 is 29.7. The van der Waals surface area contributed by atoms with E-state index in [1.54, 1.807) is 47.0 Å². The van der Waals surface area contributed by atoms with Crippen molar-refractivity contribution in [3.63, 3.8) is 0 Å². The van der Waals surface area contributed by atoms with Crippen LogP contribution in [0.25, 0.3) is 0 Å². The smallest absolute Gasteiger partial charge is 0.0785 e. The summed E-state index contributed by atoms with van der Waals surface area (Å²) in [5.41, 5.74) is 0. The monoisotopic (exact) mass is 454 g/mol. The van der Waals surface area contributed by atoms with E-state index in [-0.39, 0.29) is 6.61 Å². The first-order valence-electron chi connectivity index (χ1n) is 8.66. The Morgan fingerprint density at radius 3 is 1.70 bits per heavy atom. The fourth-order valence-electron chi connectivity index (χ4n) is 1.86. The Hall–Kier alpha value is 0.380. The number of aliphatic hydroxyl groups is 1. The average Bonchev–Trinajstić information content (AvgIpc) is 3.36. The summed E-state index contributed by atoms with van der Waals surface area (Å²) in [6, 6.07) is 0. The summed E-state index contributed by atoms with van der Waals surface area (Å²) in [5.74, 6) is 0. The van der Waals surface area contributed by atoms with Crippen molar-refractivity contribution in [2.75, 3.05) is 72.7 Å². The molecule has 2 aliphatic rings. The number of aliphatic hydroxyl groups excluding tert-OH is 1. The second kappa shape index (κ2) is 16.2. The summed E-state index contributed by atoms with van der Waals surface area (Å²) in [6.07, 6.45) is 0. The molecule has 0 saturated heterocycles. The van der Waals surface area contributed by atoms with Crippen LogP contribution in [0.4, 0.5) is 0 Å². The van der Waals surface area contributed by atoms with Crippen molar-refractivity contribution in [1.82, 2.24) is 0 Å². The minimum Gasteiger partial charge on any atom is -0.394 e. The van der Waals surface area contributed by atoms with Gasteiger partial charge in [-0.15, -0.1) is 0 Å². The van der Waals surface area contributed by atoms with Gasteiger partial charge in [0.2, 0.25) is 0 Å². The van der Waals surface area contributed by atoms with E-state index in [9.17, 15) is 0 Å². The molecule has 0 radical (unpaired) electrons. The fraction of sp³-hybridized carbons (Fsp3) is 0.647. The minimum atomic E-state index is 0.0412. The first-order chi connectivity index (χ1) is 13.4. The van der Waals surface area contributed by atoms with Crippen LogP contribution in [0.3, 0.4) is 0 Å². The van der Waals surface area contributed by atoms with Crippen LogP contribution in [0.2, 0.25) is 0 Å². The molecule has 0 spiro atoms. The van der Waals surface area contributed by atoms with Gasteiger partial charge in [0.05, 0.1) is 81.2 Å². The summed E-state index contributed by atoms with van der Waals surface area (Å²) in [7, 11) is 0. The maximum atomic E-state index is 8.54. The third-order valence-electron chi connectivity index (χ3n) is 3.06. The first-order valence-corrected chi connectivity index (χ1v) is 12.1. The van der Waals surface area contributed by atoms with Crippen LogP contribution < -0.4 is 0 Å². The Kier molecular flexibility index (Phi) is 14.2. The third kappa shape index (κ3) is 11.2. The number of hydrogen-bond donors (Lipinski definition) is 1. The second-order valence-electron chi connectivity index (χ2n) is 5.11. The van der Waals surface area contributed by atoms with Crippen molar-refractivity contribution >= 4 is 47.0 Å². The van der Waals surface area contributed by atoms with Crippen LogP contribution in [0.15, 0.2) is 29.6 Å². The number of thioether (sulfide) groups is 4. The molecule has 0 fully saturated rings. The molecule has 0 aliphatic carbocycles. The highest BCUT2D eigenvalue weighted by Crippen LogP contribution is 2.52. The largest absolute Gasteiger partial charge is 0.394 e. The van der Waals surface area contributed by atoms with Gasteiger partial charge in [0, 0.05) is 4.91 Å². The van der Waals surface area contributed by atoms with Crippen LogP contribution in [0, 0.1) is 0 Å². The van der Waals surface area contributed by atoms with Crippen molar-refractivity contribution in [2.24, 2.45) is 0 Å². The topological polar surface area (TPSA) is 66.4 Å². The molecule has 2 rings (SSSR count). The van der Waals surface area contributed by atoms with Gasteiger partial charge in [0.1, 0.15) is 0 Å². The molecule has 0 unspecified atom stereocenters. The molecule has 0 aromatic heterocycles. The van der Waals surface area contributed by atoms with E-state index in [4.69, 9.17) is 28.8 Å². The van der Waals surface area contributed by atoms with Crippen LogP contribution >= 0.6 is 47.0 Å². The van der Waals surface area contributed by atoms with Crippen LogP contribution in [-0.4, -0.2) is 77.8 Å². The van der Waals surface area contributed by atoms with Gasteiger partial charge in [-0.3, -0.25) is 0 Å². The Bertz CT molecular complexity index is 488. The Labute approximate surface area is 177 Å². The highest BCUT2D eigenvalue weighted by atomic mass is 32.2. The Morgan fingerprint density at radius 1 is 0.630 bits per heavy atom. The van der Waals surface area contributed by atoms with Gasteiger partial charge in [-0.2, -0.15) is 0 Å². The molecule has 10 heteroatoms. The molecule has 27 heavy (non-hydrogen) atoms. The van der Waals surface area contributed by atoms with Gasteiger partial charge in [-0.1, -0.05) is 47.0 Å². The standard InChI is InChI=1S/C17H26O6S4/c18-1-2-19-3-4-20-5-6-21-7-8-22-9-10-23-13-15-14-26-17(27-15)16-24-11-12-25-16/h11-12,14,18H,1-10,13H2. The highest BCUT2D eigenvalue weighted by Gasteiger charge is 2.18. The lowest BCUT2D eigenvalue weighted by Gasteiger charge is -2.08. The molecule has 2 aliphatic heterocycles. The maximum Gasteiger partial charge on any atom is 0.0785 e. The van der Waals surface area contributed by atoms with Crippen LogP contribution in [0.5, 0.6) is 0 Å². The van der Waals surface area contributed by atoms with Gasteiger partial charge in [0.25, 0.3) is 0 Å². The molecule has 0 saturated carbocycles. The lowest BCUT2D eigenvalue weighted by Crippen LogP contribution is -2.13. The fourth-order valence-corrected chi connectivity index (χ4v) is 6.28. The van der Waals surface area contributed by atoms with Gasteiger partial charge >= 0.3 is 0 Å². The maximum absolute atomic E-state index is 8.54. The van der Waals surface area contributed by atoms with Crippen molar-refractivity contribution in [2.45, 2.75) is 0 Å². The summed E-state index contributed by atoms with van der Waals surface area (Å²) in [6.45, 7) is 5.34. The predicted octanol–water partition coefficient (Wildman–Crippen LogP) is 3.46. The van der Waals surface area contributed by atoms with Gasteiger partial charge in [-0.25, -0.2) is 0 Å². The van der Waals surface area contributed by atoms with Gasteiger partial charge in [-0.05, 0) is 16.2 Å². The average molecular weight is 455 g/mol. The molecule has 0 atom stereocenters. The van der Waals surface area contributed by atoms with E-state index in [1.807, 2.05) is 0 Å². The SMILES string of the molecule is OCCOCCOCCOCCOCCOCC1=CSC(=C2SC=CS2)S1. The lowest BCUT2D eigenvalue weighted by atomic mass is 10.6. The van der Waals surface area contributed by atoms with Crippen molar-refractivity contribution < 1.29 is 28.8 Å². The van der Waals surface area contributed by atoms with Gasteiger partial charge < -0.3 is 28.8 Å². The number of hydrogen-bond acceptors (Lipinski definition) is 10. The molecular weight excluding hydrogens is 428 g/mol. The molecule has 0 aromatic carbocycles. The quantitative estimate of drug-likeness (QED) is 0.351. The number of rotatable bonds is 16.